The number of hydrogen-bond acceptors (Lipinski definition) is 3. The van der Waals surface area contributed by atoms with Crippen LogP contribution >= 0.6 is 11.6 Å². The second kappa shape index (κ2) is 6.20. The Morgan fingerprint density at radius 2 is 1.95 bits per heavy atom. The minimum atomic E-state index is -4.43. The second-order valence-electron chi connectivity index (χ2n) is 4.25. The first-order valence-electron chi connectivity index (χ1n) is 5.57. The summed E-state index contributed by atoms with van der Waals surface area (Å²) in [5.41, 5.74) is -0.439. The van der Waals surface area contributed by atoms with Crippen LogP contribution in [0.2, 0.25) is 5.02 Å². The van der Waals surface area contributed by atoms with E-state index in [1.165, 1.54) is 12.1 Å². The molecule has 1 aromatic carbocycles. The molecule has 0 spiro atoms. The van der Waals surface area contributed by atoms with Crippen LogP contribution < -0.4 is 5.14 Å². The lowest BCUT2D eigenvalue weighted by molar-refractivity contribution is -0.136. The summed E-state index contributed by atoms with van der Waals surface area (Å²) in [5, 5.41) is 4.77. The van der Waals surface area contributed by atoms with Crippen LogP contribution in [0.1, 0.15) is 16.8 Å². The summed E-state index contributed by atoms with van der Waals surface area (Å²) in [6.45, 7) is -0.627. The van der Waals surface area contributed by atoms with Gasteiger partial charge in [-0.1, -0.05) is 17.7 Å². The molecule has 0 aliphatic heterocycles. The van der Waals surface area contributed by atoms with Gasteiger partial charge in [0.15, 0.2) is 0 Å². The second-order valence-corrected chi connectivity index (χ2v) is 6.19. The third-order valence-electron chi connectivity index (χ3n) is 2.57. The first-order valence-corrected chi connectivity index (χ1v) is 7.49. The summed E-state index contributed by atoms with van der Waals surface area (Å²) >= 11 is 5.77. The highest BCUT2D eigenvalue weighted by molar-refractivity contribution is 7.89. The van der Waals surface area contributed by atoms with Gasteiger partial charge in [0.2, 0.25) is 10.0 Å². The van der Waals surface area contributed by atoms with E-state index in [1.54, 1.807) is 0 Å². The van der Waals surface area contributed by atoms with Crippen LogP contribution in [0.4, 0.5) is 13.2 Å². The van der Waals surface area contributed by atoms with E-state index in [4.69, 9.17) is 16.7 Å². The molecule has 0 heterocycles. The lowest BCUT2D eigenvalue weighted by atomic mass is 10.2. The third kappa shape index (κ3) is 4.87. The average molecular weight is 345 g/mol. The summed E-state index contributed by atoms with van der Waals surface area (Å²) in [6, 6.07) is 3.59. The fourth-order valence-electron chi connectivity index (χ4n) is 1.54. The first kappa shape index (κ1) is 17.7. The minimum Gasteiger partial charge on any atom is -0.341 e. The standard InChI is InChI=1S/C11H12ClF3N2O3S/c1-17(6-5-11(13,14)15)10(18)9-7(12)3-2-4-8(9)21(16,19)20/h2-4H,5-6H2,1H3,(H2,16,19,20). The normalized spacial score (nSPS) is 12.3. The van der Waals surface area contributed by atoms with Gasteiger partial charge < -0.3 is 4.90 Å². The molecule has 0 bridgehead atoms. The highest BCUT2D eigenvalue weighted by Gasteiger charge is 2.30. The summed E-state index contributed by atoms with van der Waals surface area (Å²) < 4.78 is 59.3. The molecule has 0 aliphatic rings. The number of alkyl halides is 3. The van der Waals surface area contributed by atoms with Gasteiger partial charge in [0.25, 0.3) is 5.91 Å². The van der Waals surface area contributed by atoms with E-state index in [-0.39, 0.29) is 5.02 Å². The van der Waals surface area contributed by atoms with Gasteiger partial charge in [-0.05, 0) is 12.1 Å². The van der Waals surface area contributed by atoms with Crippen LogP contribution in [0.25, 0.3) is 0 Å². The molecule has 118 valence electrons. The molecule has 2 N–H and O–H groups in total. The minimum absolute atomic E-state index is 0.203. The van der Waals surface area contributed by atoms with E-state index in [0.29, 0.717) is 0 Å². The van der Waals surface area contributed by atoms with Crippen molar-refractivity contribution in [2.24, 2.45) is 5.14 Å². The molecule has 0 saturated heterocycles. The number of carbonyl (C=O) groups is 1. The fourth-order valence-corrected chi connectivity index (χ4v) is 2.60. The Kier molecular flexibility index (Phi) is 5.24. The zero-order chi connectivity index (χ0) is 16.4. The molecule has 10 heteroatoms. The molecule has 0 saturated carbocycles. The number of primary sulfonamides is 1. The Balaban J connectivity index is 3.13. The summed E-state index contributed by atoms with van der Waals surface area (Å²) in [5.74, 6) is -0.950. The number of nitrogens with two attached hydrogens (primary N) is 1. The molecule has 0 radical (unpaired) electrons. The topological polar surface area (TPSA) is 80.5 Å². The van der Waals surface area contributed by atoms with E-state index in [0.717, 1.165) is 18.0 Å². The van der Waals surface area contributed by atoms with Gasteiger partial charge >= 0.3 is 6.18 Å². The van der Waals surface area contributed by atoms with Gasteiger partial charge in [0.05, 0.1) is 21.9 Å². The smallest absolute Gasteiger partial charge is 0.341 e. The highest BCUT2D eigenvalue weighted by Crippen LogP contribution is 2.25. The Morgan fingerprint density at radius 1 is 1.38 bits per heavy atom. The molecular formula is C11H12ClF3N2O3S. The average Bonchev–Trinajstić information content (AvgIpc) is 2.32. The lowest BCUT2D eigenvalue weighted by Crippen LogP contribution is -2.32. The molecule has 0 aromatic heterocycles. The maximum absolute atomic E-state index is 12.1. The van der Waals surface area contributed by atoms with E-state index in [9.17, 15) is 26.4 Å². The van der Waals surface area contributed by atoms with Crippen LogP contribution in [-0.2, 0) is 10.0 Å². The Hall–Kier alpha value is -1.32. The molecule has 1 rings (SSSR count). The van der Waals surface area contributed by atoms with Crippen molar-refractivity contribution in [3.05, 3.63) is 28.8 Å². The predicted octanol–water partition coefficient (Wildman–Crippen LogP) is 2.01. The molecule has 5 nitrogen and oxygen atoms in total. The first-order chi connectivity index (χ1) is 9.43. The molecule has 1 amide bonds. The number of carbonyl (C=O) groups excluding carboxylic acids is 1. The number of halogens is 4. The van der Waals surface area contributed by atoms with Crippen LogP contribution in [0, 0.1) is 0 Å². The third-order valence-corrected chi connectivity index (χ3v) is 3.84. The van der Waals surface area contributed by atoms with Gasteiger partial charge in [-0.3, -0.25) is 4.79 Å². The zero-order valence-electron chi connectivity index (χ0n) is 10.8. The number of nitrogens with zero attached hydrogens (tertiary/aromatic N) is 1. The van der Waals surface area contributed by atoms with Crippen LogP contribution in [0.3, 0.4) is 0 Å². The molecule has 0 unspecified atom stereocenters. The van der Waals surface area contributed by atoms with E-state index in [2.05, 4.69) is 0 Å². The van der Waals surface area contributed by atoms with Crippen molar-refractivity contribution in [2.45, 2.75) is 17.5 Å². The number of sulfonamides is 1. The molecule has 0 atom stereocenters. The molecule has 0 fully saturated rings. The summed E-state index contributed by atoms with van der Waals surface area (Å²) in [7, 11) is -3.12. The molecule has 1 aromatic rings. The van der Waals surface area contributed by atoms with Crippen molar-refractivity contribution >= 4 is 27.5 Å². The number of rotatable bonds is 4. The maximum atomic E-state index is 12.1. The number of hydrogen-bond donors (Lipinski definition) is 1. The van der Waals surface area contributed by atoms with Crippen molar-refractivity contribution in [1.82, 2.24) is 4.90 Å². The summed E-state index contributed by atoms with van der Waals surface area (Å²) in [4.78, 5) is 12.3. The number of amides is 1. The van der Waals surface area contributed by atoms with Crippen molar-refractivity contribution in [3.8, 4) is 0 Å². The van der Waals surface area contributed by atoms with Gasteiger partial charge in [-0.15, -0.1) is 0 Å². The van der Waals surface area contributed by atoms with E-state index < -0.39 is 45.5 Å². The monoisotopic (exact) mass is 344 g/mol. The Labute approximate surface area is 124 Å². The molecule has 0 aliphatic carbocycles. The van der Waals surface area contributed by atoms with Crippen molar-refractivity contribution < 1.29 is 26.4 Å². The zero-order valence-corrected chi connectivity index (χ0v) is 12.4. The number of benzene rings is 1. The van der Waals surface area contributed by atoms with Crippen molar-refractivity contribution in [2.75, 3.05) is 13.6 Å². The SMILES string of the molecule is CN(CCC(F)(F)F)C(=O)c1c(Cl)cccc1S(N)(=O)=O. The van der Waals surface area contributed by atoms with Gasteiger partial charge in [0.1, 0.15) is 0 Å². The van der Waals surface area contributed by atoms with Crippen LogP contribution in [0.15, 0.2) is 23.1 Å². The predicted molar refractivity (Wildman–Crippen MR) is 70.5 cm³/mol. The maximum Gasteiger partial charge on any atom is 0.390 e. The summed E-state index contributed by atoms with van der Waals surface area (Å²) in [6.07, 6.45) is -5.65. The van der Waals surface area contributed by atoms with Gasteiger partial charge in [0, 0.05) is 13.6 Å². The lowest BCUT2D eigenvalue weighted by Gasteiger charge is -2.20. The fraction of sp³-hybridized carbons (Fsp3) is 0.364. The largest absolute Gasteiger partial charge is 0.390 e. The van der Waals surface area contributed by atoms with Crippen LogP contribution in [-0.4, -0.2) is 39.0 Å². The van der Waals surface area contributed by atoms with E-state index >= 15 is 0 Å². The quantitative estimate of drug-likeness (QED) is 0.907. The Bertz CT molecular complexity index is 647. The van der Waals surface area contributed by atoms with Gasteiger partial charge in [-0.2, -0.15) is 13.2 Å². The molecule has 21 heavy (non-hydrogen) atoms. The highest BCUT2D eigenvalue weighted by atomic mass is 35.5. The van der Waals surface area contributed by atoms with Crippen molar-refractivity contribution in [3.63, 3.8) is 0 Å². The molecular weight excluding hydrogens is 333 g/mol. The van der Waals surface area contributed by atoms with Crippen LogP contribution in [0.5, 0.6) is 0 Å². The Morgan fingerprint density at radius 3 is 2.43 bits per heavy atom. The van der Waals surface area contributed by atoms with Gasteiger partial charge in [-0.25, -0.2) is 13.6 Å². The van der Waals surface area contributed by atoms with E-state index in [1.807, 2.05) is 0 Å². The van der Waals surface area contributed by atoms with Crippen molar-refractivity contribution in [1.29, 1.82) is 0 Å².